The predicted octanol–water partition coefficient (Wildman–Crippen LogP) is 6.41. The smallest absolute Gasteiger partial charge is 0.247 e. The minimum absolute atomic E-state index is 0.0650. The zero-order chi connectivity index (χ0) is 35.7. The molecule has 8 nitrogen and oxygen atoms in total. The number of carbonyl (C=O) groups excluding carboxylic acids is 4. The van der Waals surface area contributed by atoms with E-state index in [1.165, 1.54) is 0 Å². The summed E-state index contributed by atoms with van der Waals surface area (Å²) in [7, 11) is 0. The molecule has 2 saturated carbocycles. The van der Waals surface area contributed by atoms with Crippen molar-refractivity contribution in [1.29, 1.82) is 0 Å². The third kappa shape index (κ3) is 6.48. The molecule has 0 spiro atoms. The van der Waals surface area contributed by atoms with Crippen molar-refractivity contribution in [1.82, 2.24) is 9.80 Å². The van der Waals surface area contributed by atoms with Crippen LogP contribution in [0.3, 0.4) is 0 Å². The van der Waals surface area contributed by atoms with Gasteiger partial charge in [0.25, 0.3) is 0 Å². The van der Waals surface area contributed by atoms with E-state index in [1.807, 2.05) is 109 Å². The molecule has 8 rings (SSSR count). The SMILES string of the molecule is O=C(Nc1ccc(C#Cc2ccc(NC(=O)C3CCCN3C(=O)C3(c4ccccc4)CC3)cc2)cc1)C1CCCN1C(=O)C1(c2ccccc2)CC1. The first kappa shape index (κ1) is 33.5. The second kappa shape index (κ2) is 13.8. The van der Waals surface area contributed by atoms with Gasteiger partial charge in [-0.3, -0.25) is 19.2 Å². The standard InChI is InChI=1S/C44H42N4O4/c49-39(37-13-7-29-47(37)41(51)43(25-26-43)33-9-3-1-4-10-33)45-35-21-17-31(18-22-35)15-16-32-19-23-36(24-20-32)46-40(50)38-14-8-30-48(38)42(52)44(27-28-44)34-11-5-2-6-12-34/h1-6,9-12,17-24,37-38H,7-8,13-14,25-30H2,(H,45,49)(H,46,50). The van der Waals surface area contributed by atoms with Crippen LogP contribution < -0.4 is 10.6 Å². The van der Waals surface area contributed by atoms with Gasteiger partial charge in [-0.05, 0) is 111 Å². The Morgan fingerprint density at radius 3 is 1.23 bits per heavy atom. The lowest BCUT2D eigenvalue weighted by Crippen LogP contribution is -2.47. The average molecular weight is 691 g/mol. The molecule has 262 valence electrons. The van der Waals surface area contributed by atoms with Crippen molar-refractivity contribution in [2.45, 2.75) is 74.3 Å². The zero-order valence-electron chi connectivity index (χ0n) is 29.1. The first-order valence-corrected chi connectivity index (χ1v) is 18.4. The molecule has 2 unspecified atom stereocenters. The van der Waals surface area contributed by atoms with Gasteiger partial charge in [0.1, 0.15) is 12.1 Å². The molecule has 4 amide bonds. The van der Waals surface area contributed by atoms with Crippen LogP contribution in [0, 0.1) is 11.8 Å². The maximum absolute atomic E-state index is 13.7. The molecule has 0 radical (unpaired) electrons. The van der Waals surface area contributed by atoms with E-state index in [0.717, 1.165) is 60.8 Å². The molecule has 0 bridgehead atoms. The third-order valence-electron chi connectivity index (χ3n) is 11.3. The average Bonchev–Trinajstić information content (AvgIpc) is 4.07. The lowest BCUT2D eigenvalue weighted by atomic mass is 9.94. The minimum Gasteiger partial charge on any atom is -0.330 e. The number of rotatable bonds is 8. The Kier molecular flexibility index (Phi) is 8.88. The van der Waals surface area contributed by atoms with Crippen LogP contribution in [0.15, 0.2) is 109 Å². The van der Waals surface area contributed by atoms with Crippen molar-refractivity contribution >= 4 is 35.0 Å². The summed E-state index contributed by atoms with van der Waals surface area (Å²) in [5.74, 6) is 6.14. The van der Waals surface area contributed by atoms with Gasteiger partial charge >= 0.3 is 0 Å². The number of nitrogens with zero attached hydrogens (tertiary/aromatic N) is 2. The number of hydrogen-bond donors (Lipinski definition) is 2. The first-order chi connectivity index (χ1) is 25.4. The van der Waals surface area contributed by atoms with Gasteiger partial charge < -0.3 is 20.4 Å². The van der Waals surface area contributed by atoms with Crippen LogP contribution in [0.1, 0.15) is 73.6 Å². The van der Waals surface area contributed by atoms with Crippen molar-refractivity contribution in [2.24, 2.45) is 0 Å². The first-order valence-electron chi connectivity index (χ1n) is 18.4. The lowest BCUT2D eigenvalue weighted by Gasteiger charge is -2.28. The maximum Gasteiger partial charge on any atom is 0.247 e. The quantitative estimate of drug-likeness (QED) is 0.209. The fraction of sp³-hybridized carbons (Fsp3) is 0.318. The van der Waals surface area contributed by atoms with Gasteiger partial charge in [-0.15, -0.1) is 0 Å². The highest BCUT2D eigenvalue weighted by Crippen LogP contribution is 2.51. The van der Waals surface area contributed by atoms with E-state index in [1.54, 1.807) is 9.80 Å². The summed E-state index contributed by atoms with van der Waals surface area (Å²) < 4.78 is 0. The number of amides is 4. The Hall–Kier alpha value is -5.68. The molecule has 2 aliphatic heterocycles. The fourth-order valence-corrected chi connectivity index (χ4v) is 8.00. The summed E-state index contributed by atoms with van der Waals surface area (Å²) in [6, 6.07) is 33.7. The second-order valence-corrected chi connectivity index (χ2v) is 14.6. The highest BCUT2D eigenvalue weighted by atomic mass is 16.2. The van der Waals surface area contributed by atoms with Gasteiger partial charge in [0.2, 0.25) is 23.6 Å². The van der Waals surface area contributed by atoms with Crippen LogP contribution in [-0.4, -0.2) is 58.6 Å². The molecular formula is C44H42N4O4. The molecule has 2 saturated heterocycles. The van der Waals surface area contributed by atoms with Gasteiger partial charge in [-0.25, -0.2) is 0 Å². The highest BCUT2D eigenvalue weighted by Gasteiger charge is 2.56. The number of anilines is 2. The molecule has 4 aromatic rings. The van der Waals surface area contributed by atoms with Gasteiger partial charge in [0, 0.05) is 35.6 Å². The molecule has 2 atom stereocenters. The van der Waals surface area contributed by atoms with Gasteiger partial charge in [0.05, 0.1) is 10.8 Å². The van der Waals surface area contributed by atoms with Crippen molar-refractivity contribution in [3.05, 3.63) is 131 Å². The van der Waals surface area contributed by atoms with E-state index < -0.39 is 22.9 Å². The molecule has 4 fully saturated rings. The van der Waals surface area contributed by atoms with Crippen LogP contribution in [0.4, 0.5) is 11.4 Å². The van der Waals surface area contributed by atoms with Gasteiger partial charge in [-0.1, -0.05) is 72.5 Å². The van der Waals surface area contributed by atoms with E-state index in [2.05, 4.69) is 22.5 Å². The number of benzene rings is 4. The molecule has 0 aromatic heterocycles. The summed E-state index contributed by atoms with van der Waals surface area (Å²) in [6.45, 7) is 1.20. The van der Waals surface area contributed by atoms with Crippen LogP contribution in [0.5, 0.6) is 0 Å². The summed E-state index contributed by atoms with van der Waals surface area (Å²) in [5, 5.41) is 6.03. The monoisotopic (exact) mass is 690 g/mol. The Morgan fingerprint density at radius 1 is 0.519 bits per heavy atom. The number of carbonyl (C=O) groups is 4. The van der Waals surface area contributed by atoms with Crippen molar-refractivity contribution in [3.63, 3.8) is 0 Å². The third-order valence-corrected chi connectivity index (χ3v) is 11.3. The topological polar surface area (TPSA) is 98.8 Å². The van der Waals surface area contributed by atoms with E-state index >= 15 is 0 Å². The summed E-state index contributed by atoms with van der Waals surface area (Å²) in [6.07, 6.45) is 6.22. The minimum atomic E-state index is -0.486. The van der Waals surface area contributed by atoms with Crippen LogP contribution in [0.25, 0.3) is 0 Å². The highest BCUT2D eigenvalue weighted by molar-refractivity contribution is 6.01. The van der Waals surface area contributed by atoms with Crippen LogP contribution >= 0.6 is 0 Å². The molecule has 4 aromatic carbocycles. The Bertz CT molecular complexity index is 1900. The largest absolute Gasteiger partial charge is 0.330 e. The summed E-state index contributed by atoms with van der Waals surface area (Å²) in [5.41, 5.74) is 4.01. The van der Waals surface area contributed by atoms with Gasteiger partial charge in [-0.2, -0.15) is 0 Å². The van der Waals surface area contributed by atoms with E-state index in [-0.39, 0.29) is 23.6 Å². The molecule has 4 aliphatic rings. The summed E-state index contributed by atoms with van der Waals surface area (Å²) in [4.78, 5) is 57.6. The van der Waals surface area contributed by atoms with Crippen molar-refractivity contribution in [2.75, 3.05) is 23.7 Å². The van der Waals surface area contributed by atoms with Crippen molar-refractivity contribution < 1.29 is 19.2 Å². The summed E-state index contributed by atoms with van der Waals surface area (Å²) >= 11 is 0. The van der Waals surface area contributed by atoms with Crippen molar-refractivity contribution in [3.8, 4) is 11.8 Å². The molecule has 52 heavy (non-hydrogen) atoms. The number of nitrogens with one attached hydrogen (secondary N) is 2. The number of likely N-dealkylation sites (tertiary alicyclic amines) is 2. The second-order valence-electron chi connectivity index (χ2n) is 14.6. The maximum atomic E-state index is 13.7. The van der Waals surface area contributed by atoms with E-state index in [0.29, 0.717) is 37.3 Å². The number of hydrogen-bond acceptors (Lipinski definition) is 4. The van der Waals surface area contributed by atoms with E-state index in [9.17, 15) is 19.2 Å². The zero-order valence-corrected chi connectivity index (χ0v) is 29.1. The normalized spacial score (nSPS) is 20.7. The molecular weight excluding hydrogens is 649 g/mol. The van der Waals surface area contributed by atoms with Gasteiger partial charge in [0.15, 0.2) is 0 Å². The molecule has 8 heteroatoms. The Morgan fingerprint density at radius 2 is 0.885 bits per heavy atom. The molecule has 2 aliphatic carbocycles. The fourth-order valence-electron chi connectivity index (χ4n) is 8.00. The van der Waals surface area contributed by atoms with E-state index in [4.69, 9.17) is 0 Å². The van der Waals surface area contributed by atoms with Crippen LogP contribution in [0.2, 0.25) is 0 Å². The Balaban J connectivity index is 0.849. The molecule has 2 heterocycles. The van der Waals surface area contributed by atoms with Crippen LogP contribution in [-0.2, 0) is 30.0 Å². The Labute approximate surface area is 304 Å². The lowest BCUT2D eigenvalue weighted by molar-refractivity contribution is -0.139. The predicted molar refractivity (Wildman–Crippen MR) is 200 cm³/mol. The molecule has 2 N–H and O–H groups in total.